The highest BCUT2D eigenvalue weighted by Gasteiger charge is 2.14. The number of methoxy groups -OCH3 is 2. The van der Waals surface area contributed by atoms with Gasteiger partial charge in [0.15, 0.2) is 0 Å². The van der Waals surface area contributed by atoms with Crippen LogP contribution in [0.5, 0.6) is 5.75 Å². The van der Waals surface area contributed by atoms with Crippen molar-refractivity contribution >= 4 is 23.9 Å². The molecule has 0 unspecified atom stereocenters. The molecule has 0 heterocycles. The van der Waals surface area contributed by atoms with Gasteiger partial charge in [0.2, 0.25) is 0 Å². The van der Waals surface area contributed by atoms with E-state index < -0.39 is 5.91 Å². The minimum atomic E-state index is -0.780. The molecule has 0 aliphatic heterocycles. The van der Waals surface area contributed by atoms with Crippen molar-refractivity contribution in [3.63, 3.8) is 0 Å². The Bertz CT molecular complexity index is 1000. The highest BCUT2D eigenvalue weighted by atomic mass is 16.5. The van der Waals surface area contributed by atoms with Crippen molar-refractivity contribution < 1.29 is 14.3 Å². The zero-order valence-corrected chi connectivity index (χ0v) is 18.5. The lowest BCUT2D eigenvalue weighted by Gasteiger charge is -2.13. The summed E-state index contributed by atoms with van der Waals surface area (Å²) in [5.74, 6) is -0.0295. The highest BCUT2D eigenvalue weighted by molar-refractivity contribution is 5.99. The Hall–Kier alpha value is -3.38. The molecule has 162 valence electrons. The lowest BCUT2D eigenvalue weighted by molar-refractivity contribution is 0.1000. The molecule has 6 nitrogen and oxygen atoms in total. The van der Waals surface area contributed by atoms with E-state index in [1.165, 1.54) is 0 Å². The number of rotatable bonds is 10. The summed E-state index contributed by atoms with van der Waals surface area (Å²) in [6.07, 6.45) is 3.86. The molecule has 31 heavy (non-hydrogen) atoms. The van der Waals surface area contributed by atoms with Crippen molar-refractivity contribution in [1.82, 2.24) is 0 Å². The van der Waals surface area contributed by atoms with Gasteiger partial charge in [-0.15, -0.1) is 4.91 Å². The molecule has 0 fully saturated rings. The van der Waals surface area contributed by atoms with Crippen LogP contribution in [0, 0.1) is 11.8 Å². The van der Waals surface area contributed by atoms with Gasteiger partial charge >= 0.3 is 5.91 Å². The highest BCUT2D eigenvalue weighted by Crippen LogP contribution is 2.32. The van der Waals surface area contributed by atoms with Gasteiger partial charge in [-0.05, 0) is 74.9 Å². The van der Waals surface area contributed by atoms with E-state index in [1.807, 2.05) is 30.3 Å². The van der Waals surface area contributed by atoms with Crippen LogP contribution in [0.25, 0.3) is 11.3 Å². The first-order valence-electron chi connectivity index (χ1n) is 9.95. The van der Waals surface area contributed by atoms with Crippen LogP contribution in [0.4, 0.5) is 0 Å². The molecule has 0 atom stereocenters. The second kappa shape index (κ2) is 11.7. The molecule has 2 rings (SSSR count). The SMILES string of the molecule is C=N/C(=C(\C=C(/C)CCCOC)c1ccc(C(=O)N=O)c(C)c1)c1ccc(OC)cc1. The molecule has 0 aliphatic carbocycles. The summed E-state index contributed by atoms with van der Waals surface area (Å²) >= 11 is 0. The molecular weight excluding hydrogens is 392 g/mol. The van der Waals surface area contributed by atoms with E-state index in [9.17, 15) is 9.70 Å². The number of carbonyl (C=O) groups is 1. The monoisotopic (exact) mass is 420 g/mol. The van der Waals surface area contributed by atoms with Gasteiger partial charge in [-0.3, -0.25) is 9.79 Å². The van der Waals surface area contributed by atoms with E-state index in [1.54, 1.807) is 33.3 Å². The van der Waals surface area contributed by atoms with Crippen LogP contribution in [0.3, 0.4) is 0 Å². The Morgan fingerprint density at radius 3 is 2.32 bits per heavy atom. The summed E-state index contributed by atoms with van der Waals surface area (Å²) in [6, 6.07) is 12.9. The third-order valence-electron chi connectivity index (χ3n) is 4.94. The standard InChI is InChI=1S/C25H28N2O4/c1-17(7-6-14-30-4)15-23(20-10-13-22(18(2)16-20)25(28)27-29)24(26-3)19-8-11-21(31-5)12-9-19/h8-13,15-16H,3,6-7,14H2,1-2,4-5H3/b17-15+,24-23+. The molecule has 0 radical (unpaired) electrons. The van der Waals surface area contributed by atoms with Crippen molar-refractivity contribution in [2.75, 3.05) is 20.8 Å². The number of carbonyl (C=O) groups excluding carboxylic acids is 1. The number of allylic oxidation sites excluding steroid dienone is 3. The topological polar surface area (TPSA) is 77.3 Å². The lowest BCUT2D eigenvalue weighted by Crippen LogP contribution is -1.99. The Labute approximate surface area is 183 Å². The lowest BCUT2D eigenvalue weighted by atomic mass is 9.94. The summed E-state index contributed by atoms with van der Waals surface area (Å²) < 4.78 is 10.4. The summed E-state index contributed by atoms with van der Waals surface area (Å²) in [5.41, 5.74) is 5.45. The van der Waals surface area contributed by atoms with Crippen molar-refractivity contribution in [2.24, 2.45) is 10.2 Å². The number of hydrogen-bond donors (Lipinski definition) is 0. The van der Waals surface area contributed by atoms with E-state index >= 15 is 0 Å². The number of aliphatic imine (C=N–C) groups is 1. The molecular formula is C25H28N2O4. The van der Waals surface area contributed by atoms with Crippen LogP contribution in [0.15, 0.2) is 64.3 Å². The Balaban J connectivity index is 2.63. The van der Waals surface area contributed by atoms with E-state index in [0.717, 1.165) is 40.9 Å². The minimum absolute atomic E-state index is 0.288. The molecule has 1 amide bonds. The second-order valence-electron chi connectivity index (χ2n) is 7.16. The van der Waals surface area contributed by atoms with E-state index in [4.69, 9.17) is 9.47 Å². The van der Waals surface area contributed by atoms with Crippen LogP contribution in [-0.2, 0) is 4.74 Å². The molecule has 2 aromatic carbocycles. The van der Waals surface area contributed by atoms with Crippen LogP contribution in [0.2, 0.25) is 0 Å². The number of benzene rings is 2. The fourth-order valence-electron chi connectivity index (χ4n) is 3.30. The van der Waals surface area contributed by atoms with Gasteiger partial charge in [0.1, 0.15) is 5.75 Å². The summed E-state index contributed by atoms with van der Waals surface area (Å²) in [6.45, 7) is 8.32. The van der Waals surface area contributed by atoms with Crippen molar-refractivity contribution in [2.45, 2.75) is 26.7 Å². The first-order valence-corrected chi connectivity index (χ1v) is 9.95. The average molecular weight is 421 g/mol. The predicted molar refractivity (Wildman–Crippen MR) is 126 cm³/mol. The summed E-state index contributed by atoms with van der Waals surface area (Å²) in [4.78, 5) is 26.8. The maximum atomic E-state index is 11.8. The fraction of sp³-hybridized carbons (Fsp3) is 0.280. The van der Waals surface area contributed by atoms with Gasteiger partial charge in [-0.1, -0.05) is 23.8 Å². The van der Waals surface area contributed by atoms with Crippen molar-refractivity contribution in [3.8, 4) is 5.75 Å². The molecule has 2 aromatic rings. The zero-order valence-electron chi connectivity index (χ0n) is 18.5. The maximum Gasteiger partial charge on any atom is 0.317 e. The molecule has 0 aliphatic rings. The van der Waals surface area contributed by atoms with Crippen LogP contribution in [-0.4, -0.2) is 33.5 Å². The molecule has 0 saturated heterocycles. The molecule has 0 bridgehead atoms. The van der Waals surface area contributed by atoms with E-state index in [-0.39, 0.29) is 5.56 Å². The van der Waals surface area contributed by atoms with E-state index in [2.05, 4.69) is 29.9 Å². The van der Waals surface area contributed by atoms with Crippen LogP contribution in [0.1, 0.15) is 46.8 Å². The largest absolute Gasteiger partial charge is 0.497 e. The quantitative estimate of drug-likeness (QED) is 0.159. The predicted octanol–water partition coefficient (Wildman–Crippen LogP) is 5.85. The molecule has 0 aromatic heterocycles. The third kappa shape index (κ3) is 6.30. The number of nitrogens with zero attached hydrogens (tertiary/aromatic N) is 2. The zero-order chi connectivity index (χ0) is 22.8. The van der Waals surface area contributed by atoms with E-state index in [0.29, 0.717) is 17.9 Å². The normalized spacial score (nSPS) is 12.2. The Morgan fingerprint density at radius 2 is 1.77 bits per heavy atom. The molecule has 0 N–H and O–H groups in total. The van der Waals surface area contributed by atoms with Gasteiger partial charge < -0.3 is 9.47 Å². The Morgan fingerprint density at radius 1 is 1.10 bits per heavy atom. The molecule has 6 heteroatoms. The summed E-state index contributed by atoms with van der Waals surface area (Å²) in [7, 11) is 3.31. The van der Waals surface area contributed by atoms with Crippen molar-refractivity contribution in [3.05, 3.63) is 81.3 Å². The molecule has 0 saturated carbocycles. The van der Waals surface area contributed by atoms with Crippen LogP contribution >= 0.6 is 0 Å². The first kappa shape index (κ1) is 23.9. The average Bonchev–Trinajstić information content (AvgIpc) is 2.79. The van der Waals surface area contributed by atoms with Gasteiger partial charge in [-0.25, -0.2) is 0 Å². The minimum Gasteiger partial charge on any atom is -0.497 e. The Kier molecular flexibility index (Phi) is 9.03. The maximum absolute atomic E-state index is 11.8. The number of amides is 1. The number of aryl methyl sites for hydroxylation is 1. The molecule has 0 spiro atoms. The van der Waals surface area contributed by atoms with Gasteiger partial charge in [0.25, 0.3) is 0 Å². The van der Waals surface area contributed by atoms with Gasteiger partial charge in [-0.2, -0.15) is 0 Å². The van der Waals surface area contributed by atoms with Crippen LogP contribution < -0.4 is 4.74 Å². The number of hydrogen-bond acceptors (Lipinski definition) is 5. The van der Waals surface area contributed by atoms with Crippen molar-refractivity contribution in [1.29, 1.82) is 0 Å². The summed E-state index contributed by atoms with van der Waals surface area (Å²) in [5, 5.41) is 2.53. The second-order valence-corrected chi connectivity index (χ2v) is 7.16. The van der Waals surface area contributed by atoms with Gasteiger partial charge in [0.05, 0.1) is 12.8 Å². The third-order valence-corrected chi connectivity index (χ3v) is 4.94. The van der Waals surface area contributed by atoms with Gasteiger partial charge in [0, 0.05) is 35.6 Å². The number of ether oxygens (including phenoxy) is 2. The number of nitroso groups, excluding NO2 is 1. The first-order chi connectivity index (χ1) is 14.9. The fourth-order valence-corrected chi connectivity index (χ4v) is 3.30. The smallest absolute Gasteiger partial charge is 0.317 e.